The standard InChI is InChI=1S/C17H18O4/c1-9(18)10-4-5-14-12(16(10)20)6-11-13(19)7-17(2,3)8-15(11)21-14/h4-5,20H,6-8H2,1-3H3. The Morgan fingerprint density at radius 1 is 1.29 bits per heavy atom. The van der Waals surface area contributed by atoms with Crippen molar-refractivity contribution in [2.75, 3.05) is 0 Å². The number of carbonyl (C=O) groups excluding carboxylic acids is 2. The van der Waals surface area contributed by atoms with Gasteiger partial charge in [-0.15, -0.1) is 0 Å². The van der Waals surface area contributed by atoms with Crippen molar-refractivity contribution in [1.29, 1.82) is 0 Å². The van der Waals surface area contributed by atoms with Gasteiger partial charge in [-0.25, -0.2) is 0 Å². The van der Waals surface area contributed by atoms with Crippen molar-refractivity contribution >= 4 is 11.6 Å². The molecule has 0 amide bonds. The van der Waals surface area contributed by atoms with E-state index in [-0.39, 0.29) is 28.3 Å². The van der Waals surface area contributed by atoms with Crippen LogP contribution in [0.25, 0.3) is 0 Å². The Morgan fingerprint density at radius 3 is 2.67 bits per heavy atom. The number of ether oxygens (including phenoxy) is 1. The van der Waals surface area contributed by atoms with Crippen molar-refractivity contribution in [1.82, 2.24) is 0 Å². The summed E-state index contributed by atoms with van der Waals surface area (Å²) in [6.45, 7) is 5.50. The van der Waals surface area contributed by atoms with Crippen LogP contribution in [0.15, 0.2) is 23.5 Å². The number of phenols is 1. The number of Topliss-reactive ketones (excluding diaryl/α,β-unsaturated/α-hetero) is 2. The summed E-state index contributed by atoms with van der Waals surface area (Å²) < 4.78 is 5.84. The van der Waals surface area contributed by atoms with Crippen molar-refractivity contribution in [2.45, 2.75) is 40.0 Å². The number of hydrogen-bond acceptors (Lipinski definition) is 4. The summed E-state index contributed by atoms with van der Waals surface area (Å²) >= 11 is 0. The minimum atomic E-state index is -0.203. The van der Waals surface area contributed by atoms with E-state index in [4.69, 9.17) is 4.74 Å². The molecule has 0 spiro atoms. The quantitative estimate of drug-likeness (QED) is 0.805. The first-order valence-electron chi connectivity index (χ1n) is 7.07. The lowest BCUT2D eigenvalue weighted by Crippen LogP contribution is -2.30. The van der Waals surface area contributed by atoms with Gasteiger partial charge in [-0.2, -0.15) is 0 Å². The summed E-state index contributed by atoms with van der Waals surface area (Å²) in [5.74, 6) is 1.05. The first-order valence-corrected chi connectivity index (χ1v) is 7.07. The Kier molecular flexibility index (Phi) is 2.94. The number of ketones is 2. The number of aromatic hydroxyl groups is 1. The fraction of sp³-hybridized carbons (Fsp3) is 0.412. The molecule has 110 valence electrons. The molecule has 0 atom stereocenters. The zero-order chi connectivity index (χ0) is 15.4. The molecule has 0 fully saturated rings. The second-order valence-corrected chi connectivity index (χ2v) is 6.62. The smallest absolute Gasteiger partial charge is 0.163 e. The summed E-state index contributed by atoms with van der Waals surface area (Å²) in [7, 11) is 0. The van der Waals surface area contributed by atoms with E-state index in [1.165, 1.54) is 6.92 Å². The lowest BCUT2D eigenvalue weighted by molar-refractivity contribution is -0.118. The maximum absolute atomic E-state index is 12.3. The van der Waals surface area contributed by atoms with Gasteiger partial charge in [0.2, 0.25) is 0 Å². The number of benzene rings is 1. The van der Waals surface area contributed by atoms with Gasteiger partial charge < -0.3 is 9.84 Å². The third-order valence-electron chi connectivity index (χ3n) is 4.16. The van der Waals surface area contributed by atoms with E-state index in [0.29, 0.717) is 41.9 Å². The second-order valence-electron chi connectivity index (χ2n) is 6.62. The third kappa shape index (κ3) is 2.24. The molecule has 1 aliphatic carbocycles. The van der Waals surface area contributed by atoms with Crippen LogP contribution in [0.5, 0.6) is 11.5 Å². The molecule has 3 rings (SSSR count). The molecule has 0 saturated carbocycles. The number of hydrogen-bond donors (Lipinski definition) is 1. The topological polar surface area (TPSA) is 63.6 Å². The molecule has 1 aromatic rings. The van der Waals surface area contributed by atoms with Crippen molar-refractivity contribution in [2.24, 2.45) is 5.41 Å². The van der Waals surface area contributed by atoms with Crippen LogP contribution in [-0.2, 0) is 11.2 Å². The van der Waals surface area contributed by atoms with E-state index in [0.717, 1.165) is 0 Å². The molecule has 0 bridgehead atoms. The molecule has 21 heavy (non-hydrogen) atoms. The monoisotopic (exact) mass is 286 g/mol. The van der Waals surface area contributed by atoms with Crippen LogP contribution in [0, 0.1) is 5.41 Å². The Balaban J connectivity index is 2.06. The highest BCUT2D eigenvalue weighted by Gasteiger charge is 2.37. The predicted octanol–water partition coefficient (Wildman–Crippen LogP) is 3.17. The third-order valence-corrected chi connectivity index (χ3v) is 4.16. The molecule has 0 aromatic heterocycles. The molecular formula is C17H18O4. The average Bonchev–Trinajstić information content (AvgIpc) is 2.35. The summed E-state index contributed by atoms with van der Waals surface area (Å²) in [5, 5.41) is 10.2. The maximum atomic E-state index is 12.3. The van der Waals surface area contributed by atoms with Crippen LogP contribution < -0.4 is 4.74 Å². The van der Waals surface area contributed by atoms with E-state index >= 15 is 0 Å². The van der Waals surface area contributed by atoms with Gasteiger partial charge in [0.25, 0.3) is 0 Å². The zero-order valence-corrected chi connectivity index (χ0v) is 12.4. The van der Waals surface area contributed by atoms with E-state index in [1.54, 1.807) is 12.1 Å². The van der Waals surface area contributed by atoms with Gasteiger partial charge in [-0.3, -0.25) is 9.59 Å². The van der Waals surface area contributed by atoms with Crippen LogP contribution in [0.3, 0.4) is 0 Å². The molecule has 1 heterocycles. The zero-order valence-electron chi connectivity index (χ0n) is 12.4. The van der Waals surface area contributed by atoms with Crippen LogP contribution in [0.2, 0.25) is 0 Å². The normalized spacial score (nSPS) is 19.7. The molecule has 4 nitrogen and oxygen atoms in total. The summed E-state index contributed by atoms with van der Waals surface area (Å²) in [6, 6.07) is 3.26. The van der Waals surface area contributed by atoms with E-state index in [2.05, 4.69) is 0 Å². The number of phenolic OH excluding ortho intramolecular Hbond substituents is 1. The highest BCUT2D eigenvalue weighted by Crippen LogP contribution is 2.45. The van der Waals surface area contributed by atoms with Crippen molar-refractivity contribution in [3.63, 3.8) is 0 Å². The largest absolute Gasteiger partial charge is 0.507 e. The molecule has 0 saturated heterocycles. The minimum Gasteiger partial charge on any atom is -0.507 e. The number of allylic oxidation sites excluding steroid dienone is 2. The Bertz CT molecular complexity index is 695. The Hall–Kier alpha value is -2.10. The van der Waals surface area contributed by atoms with Gasteiger partial charge in [0, 0.05) is 30.4 Å². The fourth-order valence-electron chi connectivity index (χ4n) is 3.07. The molecule has 4 heteroatoms. The first-order chi connectivity index (χ1) is 9.78. The maximum Gasteiger partial charge on any atom is 0.163 e. The van der Waals surface area contributed by atoms with Gasteiger partial charge in [-0.05, 0) is 24.5 Å². The average molecular weight is 286 g/mol. The van der Waals surface area contributed by atoms with E-state index in [1.807, 2.05) is 13.8 Å². The van der Waals surface area contributed by atoms with Crippen molar-refractivity contribution < 1.29 is 19.4 Å². The number of carbonyl (C=O) groups is 2. The van der Waals surface area contributed by atoms with Gasteiger partial charge >= 0.3 is 0 Å². The van der Waals surface area contributed by atoms with E-state index < -0.39 is 0 Å². The molecule has 0 unspecified atom stereocenters. The molecule has 1 aromatic carbocycles. The lowest BCUT2D eigenvalue weighted by Gasteiger charge is -2.34. The second kappa shape index (κ2) is 4.45. The van der Waals surface area contributed by atoms with Crippen LogP contribution in [-0.4, -0.2) is 16.7 Å². The number of rotatable bonds is 1. The van der Waals surface area contributed by atoms with Crippen LogP contribution in [0.1, 0.15) is 49.5 Å². The molecule has 1 N–H and O–H groups in total. The van der Waals surface area contributed by atoms with Crippen molar-refractivity contribution in [3.05, 3.63) is 34.6 Å². The van der Waals surface area contributed by atoms with Gasteiger partial charge in [-0.1, -0.05) is 13.8 Å². The first kappa shape index (κ1) is 13.9. The molecular weight excluding hydrogens is 268 g/mol. The highest BCUT2D eigenvalue weighted by molar-refractivity contribution is 6.00. The summed E-state index contributed by atoms with van der Waals surface area (Å²) in [5.41, 5.74) is 1.34. The summed E-state index contributed by atoms with van der Waals surface area (Å²) in [6.07, 6.45) is 1.53. The predicted molar refractivity (Wildman–Crippen MR) is 77.5 cm³/mol. The van der Waals surface area contributed by atoms with Gasteiger partial charge in [0.1, 0.15) is 17.3 Å². The van der Waals surface area contributed by atoms with Crippen molar-refractivity contribution in [3.8, 4) is 11.5 Å². The lowest BCUT2D eigenvalue weighted by atomic mass is 9.74. The number of fused-ring (bicyclic) bond motifs is 1. The molecule has 1 aliphatic heterocycles. The molecule has 2 aliphatic rings. The van der Waals surface area contributed by atoms with Crippen LogP contribution >= 0.6 is 0 Å². The Morgan fingerprint density at radius 2 is 2.00 bits per heavy atom. The van der Waals surface area contributed by atoms with Gasteiger partial charge in [0.15, 0.2) is 11.6 Å². The fourth-order valence-corrected chi connectivity index (χ4v) is 3.07. The van der Waals surface area contributed by atoms with Gasteiger partial charge in [0.05, 0.1) is 5.56 Å². The molecule has 0 radical (unpaired) electrons. The highest BCUT2D eigenvalue weighted by atomic mass is 16.5. The SMILES string of the molecule is CC(=O)c1ccc2c(c1O)CC1=C(CC(C)(C)CC1=O)O2. The van der Waals surface area contributed by atoms with E-state index in [9.17, 15) is 14.7 Å². The minimum absolute atomic E-state index is 0.0656. The van der Waals surface area contributed by atoms with Crippen LogP contribution in [0.4, 0.5) is 0 Å². The summed E-state index contributed by atoms with van der Waals surface area (Å²) in [4.78, 5) is 23.8. The Labute approximate surface area is 123 Å².